The standard InChI is InChI=1S/C12H13BrFNO3S/c1-18-12(17)4-5-19-7-11(16)15-10-3-2-8(13)6-9(10)14/h2-3,6H,4-5,7H2,1H3,(H,15,16). The van der Waals surface area contributed by atoms with Crippen molar-refractivity contribution in [2.24, 2.45) is 0 Å². The molecule has 0 bridgehead atoms. The lowest BCUT2D eigenvalue weighted by molar-refractivity contribution is -0.140. The Morgan fingerprint density at radius 1 is 1.47 bits per heavy atom. The lowest BCUT2D eigenvalue weighted by Gasteiger charge is -2.06. The summed E-state index contributed by atoms with van der Waals surface area (Å²) in [7, 11) is 1.32. The van der Waals surface area contributed by atoms with Gasteiger partial charge in [0.25, 0.3) is 0 Å². The van der Waals surface area contributed by atoms with Crippen molar-refractivity contribution in [2.45, 2.75) is 6.42 Å². The lowest BCUT2D eigenvalue weighted by atomic mass is 10.3. The number of carbonyl (C=O) groups excluding carboxylic acids is 2. The number of benzene rings is 1. The summed E-state index contributed by atoms with van der Waals surface area (Å²) in [6, 6.07) is 4.40. The molecule has 0 saturated carbocycles. The lowest BCUT2D eigenvalue weighted by Crippen LogP contribution is -2.15. The van der Waals surface area contributed by atoms with Crippen molar-refractivity contribution in [2.75, 3.05) is 23.9 Å². The van der Waals surface area contributed by atoms with Gasteiger partial charge in [-0.25, -0.2) is 4.39 Å². The Morgan fingerprint density at radius 3 is 2.84 bits per heavy atom. The maximum atomic E-state index is 13.4. The summed E-state index contributed by atoms with van der Waals surface area (Å²) in [5, 5.41) is 2.47. The van der Waals surface area contributed by atoms with Crippen LogP contribution in [0.25, 0.3) is 0 Å². The third-order valence-corrected chi connectivity index (χ3v) is 3.57. The Morgan fingerprint density at radius 2 is 2.21 bits per heavy atom. The van der Waals surface area contributed by atoms with Crippen molar-refractivity contribution >= 4 is 45.3 Å². The molecular formula is C12H13BrFNO3S. The van der Waals surface area contributed by atoms with Gasteiger partial charge in [0.15, 0.2) is 0 Å². The average molecular weight is 350 g/mol. The highest BCUT2D eigenvalue weighted by Crippen LogP contribution is 2.19. The van der Waals surface area contributed by atoms with Gasteiger partial charge in [0.1, 0.15) is 5.82 Å². The molecule has 0 fully saturated rings. The molecule has 1 aromatic carbocycles. The summed E-state index contributed by atoms with van der Waals surface area (Å²) >= 11 is 4.42. The monoisotopic (exact) mass is 349 g/mol. The second kappa shape index (κ2) is 8.16. The van der Waals surface area contributed by atoms with E-state index < -0.39 is 5.82 Å². The first-order chi connectivity index (χ1) is 9.02. The van der Waals surface area contributed by atoms with Crippen molar-refractivity contribution in [3.63, 3.8) is 0 Å². The van der Waals surface area contributed by atoms with E-state index in [-0.39, 0.29) is 29.7 Å². The summed E-state index contributed by atoms with van der Waals surface area (Å²) in [6.45, 7) is 0. The third-order valence-electron chi connectivity index (χ3n) is 2.12. The second-order valence-electron chi connectivity index (χ2n) is 3.55. The Balaban J connectivity index is 2.33. The molecule has 0 aliphatic rings. The van der Waals surface area contributed by atoms with Crippen molar-refractivity contribution in [1.29, 1.82) is 0 Å². The zero-order chi connectivity index (χ0) is 14.3. The summed E-state index contributed by atoms with van der Waals surface area (Å²) in [6.07, 6.45) is 0.251. The molecule has 0 unspecified atom stereocenters. The molecule has 0 saturated heterocycles. The van der Waals surface area contributed by atoms with Crippen LogP contribution >= 0.6 is 27.7 Å². The number of amides is 1. The van der Waals surface area contributed by atoms with Gasteiger partial charge in [-0.1, -0.05) is 15.9 Å². The molecule has 1 rings (SSSR count). The Kier molecular flexibility index (Phi) is 6.86. The molecule has 19 heavy (non-hydrogen) atoms. The fourth-order valence-corrected chi connectivity index (χ4v) is 2.25. The minimum Gasteiger partial charge on any atom is -0.469 e. The number of hydrogen-bond acceptors (Lipinski definition) is 4. The summed E-state index contributed by atoms with van der Waals surface area (Å²) in [5.74, 6) is -0.472. The molecule has 0 aromatic heterocycles. The number of hydrogen-bond donors (Lipinski definition) is 1. The number of ether oxygens (including phenoxy) is 1. The number of anilines is 1. The molecule has 0 heterocycles. The van der Waals surface area contributed by atoms with E-state index in [1.54, 1.807) is 6.07 Å². The molecule has 1 aromatic rings. The van der Waals surface area contributed by atoms with E-state index in [2.05, 4.69) is 26.0 Å². The van der Waals surface area contributed by atoms with E-state index in [0.717, 1.165) is 0 Å². The fourth-order valence-electron chi connectivity index (χ4n) is 1.20. The molecule has 0 radical (unpaired) electrons. The second-order valence-corrected chi connectivity index (χ2v) is 5.57. The first-order valence-corrected chi connectivity index (χ1v) is 7.37. The van der Waals surface area contributed by atoms with Crippen LogP contribution in [0.2, 0.25) is 0 Å². The van der Waals surface area contributed by atoms with Crippen LogP contribution in [0.15, 0.2) is 22.7 Å². The van der Waals surface area contributed by atoms with E-state index in [1.165, 1.54) is 31.0 Å². The molecular weight excluding hydrogens is 337 g/mol. The van der Waals surface area contributed by atoms with Gasteiger partial charge in [0.2, 0.25) is 5.91 Å². The zero-order valence-corrected chi connectivity index (χ0v) is 12.6. The van der Waals surface area contributed by atoms with Gasteiger partial charge in [-0.05, 0) is 18.2 Å². The van der Waals surface area contributed by atoms with Crippen LogP contribution in [0.3, 0.4) is 0 Å². The summed E-state index contributed by atoms with van der Waals surface area (Å²) in [5.41, 5.74) is 0.141. The molecule has 0 atom stereocenters. The van der Waals surface area contributed by atoms with Gasteiger partial charge in [-0.3, -0.25) is 9.59 Å². The summed E-state index contributed by atoms with van der Waals surface area (Å²) in [4.78, 5) is 22.4. The molecule has 7 heteroatoms. The molecule has 1 N–H and O–H groups in total. The highest BCUT2D eigenvalue weighted by atomic mass is 79.9. The average Bonchev–Trinajstić information content (AvgIpc) is 2.37. The number of methoxy groups -OCH3 is 1. The third kappa shape index (κ3) is 6.07. The number of rotatable bonds is 6. The SMILES string of the molecule is COC(=O)CCSCC(=O)Nc1ccc(Br)cc1F. The first-order valence-electron chi connectivity index (χ1n) is 5.42. The van der Waals surface area contributed by atoms with Crippen molar-refractivity contribution in [3.05, 3.63) is 28.5 Å². The van der Waals surface area contributed by atoms with Gasteiger partial charge in [-0.15, -0.1) is 0 Å². The van der Waals surface area contributed by atoms with Crippen LogP contribution in [-0.2, 0) is 14.3 Å². The Hall–Kier alpha value is -1.08. The van der Waals surface area contributed by atoms with Gasteiger partial charge >= 0.3 is 5.97 Å². The van der Waals surface area contributed by atoms with Crippen molar-refractivity contribution in [1.82, 2.24) is 0 Å². The zero-order valence-electron chi connectivity index (χ0n) is 10.2. The van der Waals surface area contributed by atoms with Crippen LogP contribution in [0.4, 0.5) is 10.1 Å². The Bertz CT molecular complexity index is 470. The predicted octanol–water partition coefficient (Wildman–Crippen LogP) is 2.82. The smallest absolute Gasteiger partial charge is 0.306 e. The molecule has 104 valence electrons. The van der Waals surface area contributed by atoms with E-state index in [1.807, 2.05) is 0 Å². The van der Waals surface area contributed by atoms with Gasteiger partial charge in [0, 0.05) is 10.2 Å². The normalized spacial score (nSPS) is 10.1. The highest BCUT2D eigenvalue weighted by molar-refractivity contribution is 9.10. The van der Waals surface area contributed by atoms with Crippen LogP contribution in [0, 0.1) is 5.82 Å². The van der Waals surface area contributed by atoms with Gasteiger partial charge < -0.3 is 10.1 Å². The number of halogens is 2. The van der Waals surface area contributed by atoms with Crippen LogP contribution < -0.4 is 5.32 Å². The van der Waals surface area contributed by atoms with Gasteiger partial charge in [-0.2, -0.15) is 11.8 Å². The van der Waals surface area contributed by atoms with Gasteiger partial charge in [0.05, 0.1) is 25.0 Å². The molecule has 1 amide bonds. The van der Waals surface area contributed by atoms with E-state index in [0.29, 0.717) is 10.2 Å². The van der Waals surface area contributed by atoms with E-state index in [4.69, 9.17) is 0 Å². The first kappa shape index (κ1) is 16.0. The minimum absolute atomic E-state index is 0.141. The minimum atomic E-state index is -0.498. The Labute approximate surface area is 123 Å². The predicted molar refractivity (Wildman–Crippen MR) is 76.7 cm³/mol. The van der Waals surface area contributed by atoms with Crippen molar-refractivity contribution in [3.8, 4) is 0 Å². The quantitative estimate of drug-likeness (QED) is 0.633. The number of nitrogens with one attached hydrogen (secondary N) is 1. The largest absolute Gasteiger partial charge is 0.469 e. The molecule has 4 nitrogen and oxygen atoms in total. The molecule has 0 aliphatic carbocycles. The van der Waals surface area contributed by atoms with Crippen LogP contribution in [0.1, 0.15) is 6.42 Å². The van der Waals surface area contributed by atoms with Crippen LogP contribution in [-0.4, -0.2) is 30.5 Å². The number of esters is 1. The van der Waals surface area contributed by atoms with Crippen LogP contribution in [0.5, 0.6) is 0 Å². The van der Waals surface area contributed by atoms with E-state index in [9.17, 15) is 14.0 Å². The maximum Gasteiger partial charge on any atom is 0.306 e. The topological polar surface area (TPSA) is 55.4 Å². The highest BCUT2D eigenvalue weighted by Gasteiger charge is 2.08. The fraction of sp³-hybridized carbons (Fsp3) is 0.333. The maximum absolute atomic E-state index is 13.4. The molecule has 0 spiro atoms. The van der Waals surface area contributed by atoms with Crippen molar-refractivity contribution < 1.29 is 18.7 Å². The molecule has 0 aliphatic heterocycles. The summed E-state index contributed by atoms with van der Waals surface area (Å²) < 4.78 is 18.5. The number of carbonyl (C=O) groups is 2. The van der Waals surface area contributed by atoms with E-state index >= 15 is 0 Å². The number of thioether (sulfide) groups is 1.